The first kappa shape index (κ1) is 26.2. The van der Waals surface area contributed by atoms with Crippen molar-refractivity contribution in [2.24, 2.45) is 0 Å². The molecule has 0 aliphatic carbocycles. The summed E-state index contributed by atoms with van der Waals surface area (Å²) in [7, 11) is 0. The van der Waals surface area contributed by atoms with E-state index in [-0.39, 0.29) is 46.8 Å². The molecule has 0 bridgehead atoms. The topological polar surface area (TPSA) is 89.5 Å². The predicted octanol–water partition coefficient (Wildman–Crippen LogP) is 5.46. The van der Waals surface area contributed by atoms with Gasteiger partial charge in [-0.15, -0.1) is 0 Å². The second kappa shape index (κ2) is 9.88. The average molecular weight is 566 g/mol. The largest absolute Gasteiger partial charge is 0.477 e. The normalized spacial score (nSPS) is 13.8. The minimum atomic E-state index is -1.58. The van der Waals surface area contributed by atoms with Crippen LogP contribution in [0.3, 0.4) is 0 Å². The van der Waals surface area contributed by atoms with Gasteiger partial charge in [-0.2, -0.15) is 0 Å². The van der Waals surface area contributed by atoms with Gasteiger partial charge in [-0.05, 0) is 42.5 Å². The van der Waals surface area contributed by atoms with Crippen LogP contribution in [0, 0.1) is 29.1 Å². The standard InChI is InChI=1S/C29H19F5N4O3/c30-14-1-4-16(5-2-14)37-7-9-38(10-8-37)26-21(33)12-18-22(17-6-3-15(31)11-20(17)32)23-27(39)19(29(40)41)13-35-28(23)36-25(18)24(26)34/h1-6,11-13H,7-10H2,(H,40,41)(H,35,36,39). The van der Waals surface area contributed by atoms with Crippen LogP contribution < -0.4 is 15.2 Å². The fraction of sp³-hybridized carbons (Fsp3) is 0.138. The number of pyridine rings is 2. The van der Waals surface area contributed by atoms with Gasteiger partial charge < -0.3 is 19.9 Å². The second-order valence-electron chi connectivity index (χ2n) is 9.54. The van der Waals surface area contributed by atoms with Crippen molar-refractivity contribution >= 4 is 39.3 Å². The molecule has 7 nitrogen and oxygen atoms in total. The molecule has 0 spiro atoms. The fourth-order valence-corrected chi connectivity index (χ4v) is 5.25. The van der Waals surface area contributed by atoms with E-state index in [9.17, 15) is 23.5 Å². The van der Waals surface area contributed by atoms with Gasteiger partial charge in [0, 0.05) is 60.6 Å². The molecule has 208 valence electrons. The third kappa shape index (κ3) is 4.41. The molecular weight excluding hydrogens is 547 g/mol. The van der Waals surface area contributed by atoms with Gasteiger partial charge in [0.05, 0.1) is 5.39 Å². The number of hydrogen-bond acceptors (Lipinski definition) is 5. The number of anilines is 2. The Kier molecular flexibility index (Phi) is 6.32. The Bertz CT molecular complexity index is 1920. The van der Waals surface area contributed by atoms with Crippen LogP contribution in [0.1, 0.15) is 10.4 Å². The Morgan fingerprint density at radius 2 is 1.51 bits per heavy atom. The lowest BCUT2D eigenvalue weighted by Gasteiger charge is -2.37. The predicted molar refractivity (Wildman–Crippen MR) is 143 cm³/mol. The third-order valence-corrected chi connectivity index (χ3v) is 7.19. The first-order valence-corrected chi connectivity index (χ1v) is 12.5. The number of aromatic carboxylic acids is 1. The lowest BCUT2D eigenvalue weighted by Crippen LogP contribution is -2.47. The van der Waals surface area contributed by atoms with Crippen molar-refractivity contribution in [2.45, 2.75) is 0 Å². The number of piperazine rings is 1. The highest BCUT2D eigenvalue weighted by Crippen LogP contribution is 2.39. The molecule has 1 aliphatic rings. The Morgan fingerprint density at radius 3 is 2.17 bits per heavy atom. The Morgan fingerprint density at radius 1 is 0.854 bits per heavy atom. The van der Waals surface area contributed by atoms with Crippen LogP contribution in [0.5, 0.6) is 0 Å². The second-order valence-corrected chi connectivity index (χ2v) is 9.54. The number of halogens is 5. The zero-order chi connectivity index (χ0) is 29.0. The van der Waals surface area contributed by atoms with E-state index in [0.29, 0.717) is 19.2 Å². The number of nitrogens with zero attached hydrogens (tertiary/aromatic N) is 3. The molecule has 6 rings (SSSR count). The Balaban J connectivity index is 1.53. The summed E-state index contributed by atoms with van der Waals surface area (Å²) in [6.45, 7) is 1.18. The van der Waals surface area contributed by atoms with Crippen molar-refractivity contribution in [3.63, 3.8) is 0 Å². The number of nitrogens with one attached hydrogen (secondary N) is 1. The first-order valence-electron chi connectivity index (χ1n) is 12.5. The van der Waals surface area contributed by atoms with Crippen molar-refractivity contribution in [1.82, 2.24) is 9.97 Å². The molecule has 1 fully saturated rings. The molecular formula is C29H19F5N4O3. The van der Waals surface area contributed by atoms with E-state index in [2.05, 4.69) is 9.97 Å². The van der Waals surface area contributed by atoms with Gasteiger partial charge in [-0.3, -0.25) is 4.79 Å². The number of H-pyrrole nitrogens is 1. The molecule has 5 aromatic rings. The summed E-state index contributed by atoms with van der Waals surface area (Å²) >= 11 is 0. The van der Waals surface area contributed by atoms with Crippen molar-refractivity contribution in [1.29, 1.82) is 0 Å². The minimum absolute atomic E-state index is 0.211. The molecule has 0 atom stereocenters. The molecule has 3 heterocycles. The molecule has 0 radical (unpaired) electrons. The van der Waals surface area contributed by atoms with Gasteiger partial charge in [0.2, 0.25) is 5.43 Å². The third-order valence-electron chi connectivity index (χ3n) is 7.19. The van der Waals surface area contributed by atoms with Crippen LogP contribution in [-0.2, 0) is 0 Å². The highest BCUT2D eigenvalue weighted by atomic mass is 19.1. The average Bonchev–Trinajstić information content (AvgIpc) is 2.94. The number of carboxylic acid groups (broad SMARTS) is 1. The van der Waals surface area contributed by atoms with E-state index in [1.807, 2.05) is 4.90 Å². The highest BCUT2D eigenvalue weighted by molar-refractivity contribution is 6.10. The van der Waals surface area contributed by atoms with Gasteiger partial charge >= 0.3 is 5.97 Å². The summed E-state index contributed by atoms with van der Waals surface area (Å²) in [5.41, 5.74) is -2.71. The summed E-state index contributed by atoms with van der Waals surface area (Å²) < 4.78 is 73.9. The molecule has 12 heteroatoms. The van der Waals surface area contributed by atoms with Crippen molar-refractivity contribution < 1.29 is 31.9 Å². The highest BCUT2D eigenvalue weighted by Gasteiger charge is 2.28. The van der Waals surface area contributed by atoms with E-state index < -0.39 is 51.1 Å². The van der Waals surface area contributed by atoms with Crippen LogP contribution in [0.15, 0.2) is 59.5 Å². The van der Waals surface area contributed by atoms with Crippen LogP contribution in [-0.4, -0.2) is 47.2 Å². The van der Waals surface area contributed by atoms with Crippen LogP contribution in [0.2, 0.25) is 0 Å². The van der Waals surface area contributed by atoms with E-state index in [1.165, 1.54) is 17.0 Å². The van der Waals surface area contributed by atoms with Gasteiger partial charge in [0.25, 0.3) is 0 Å². The summed E-state index contributed by atoms with van der Waals surface area (Å²) in [5, 5.41) is 8.75. The molecule has 0 amide bonds. The van der Waals surface area contributed by atoms with Gasteiger partial charge in [0.15, 0.2) is 5.82 Å². The summed E-state index contributed by atoms with van der Waals surface area (Å²) in [5.74, 6) is -6.08. The summed E-state index contributed by atoms with van der Waals surface area (Å²) in [6, 6.07) is 9.25. The Hall–Kier alpha value is -5.00. The van der Waals surface area contributed by atoms with Crippen molar-refractivity contribution in [3.8, 4) is 11.1 Å². The summed E-state index contributed by atoms with van der Waals surface area (Å²) in [6.07, 6.45) is 0.883. The van der Waals surface area contributed by atoms with Gasteiger partial charge in [-0.1, -0.05) is 0 Å². The number of benzene rings is 3. The van der Waals surface area contributed by atoms with E-state index in [1.54, 1.807) is 12.1 Å². The van der Waals surface area contributed by atoms with E-state index >= 15 is 13.2 Å². The number of carboxylic acids is 1. The Labute approximate surface area is 228 Å². The molecule has 2 aromatic heterocycles. The van der Waals surface area contributed by atoms with Crippen LogP contribution in [0.4, 0.5) is 33.3 Å². The summed E-state index contributed by atoms with van der Waals surface area (Å²) in [4.78, 5) is 35.0. The molecule has 1 saturated heterocycles. The maximum atomic E-state index is 16.1. The number of aromatic nitrogens is 2. The zero-order valence-electron chi connectivity index (χ0n) is 21.0. The van der Waals surface area contributed by atoms with Crippen LogP contribution >= 0.6 is 0 Å². The number of rotatable bonds is 4. The van der Waals surface area contributed by atoms with Crippen LogP contribution in [0.25, 0.3) is 33.1 Å². The molecule has 41 heavy (non-hydrogen) atoms. The maximum Gasteiger partial charge on any atom is 0.341 e. The number of hydrogen-bond donors (Lipinski definition) is 2. The van der Waals surface area contributed by atoms with E-state index in [4.69, 9.17) is 0 Å². The van der Waals surface area contributed by atoms with Crippen molar-refractivity contribution in [2.75, 3.05) is 36.0 Å². The molecule has 0 unspecified atom stereocenters. The van der Waals surface area contributed by atoms with Gasteiger partial charge in [-0.25, -0.2) is 31.7 Å². The maximum absolute atomic E-state index is 16.1. The minimum Gasteiger partial charge on any atom is -0.477 e. The lowest BCUT2D eigenvalue weighted by atomic mass is 9.95. The molecule has 2 N–H and O–H groups in total. The van der Waals surface area contributed by atoms with Crippen molar-refractivity contribution in [3.05, 3.63) is 99.6 Å². The smallest absolute Gasteiger partial charge is 0.341 e. The number of aromatic amines is 1. The van der Waals surface area contributed by atoms with E-state index in [0.717, 1.165) is 30.1 Å². The molecule has 1 aliphatic heterocycles. The quantitative estimate of drug-likeness (QED) is 0.222. The first-order chi connectivity index (χ1) is 19.6. The lowest BCUT2D eigenvalue weighted by molar-refractivity contribution is 0.0695. The number of fused-ring (bicyclic) bond motifs is 2. The zero-order valence-corrected chi connectivity index (χ0v) is 21.0. The molecule has 3 aromatic carbocycles. The molecule has 0 saturated carbocycles. The fourth-order valence-electron chi connectivity index (χ4n) is 5.25. The SMILES string of the molecule is O=C(O)c1c[nH]c2nc3c(F)c(N4CCN(c5ccc(F)cc5)CC4)c(F)cc3c(-c3ccc(F)cc3F)c2c1=O. The monoisotopic (exact) mass is 566 g/mol. The van der Waals surface area contributed by atoms with Gasteiger partial charge in [0.1, 0.15) is 45.7 Å². The number of carbonyl (C=O) groups is 1.